The lowest BCUT2D eigenvalue weighted by Crippen LogP contribution is -2.44. The lowest BCUT2D eigenvalue weighted by Gasteiger charge is -2.34. The molecule has 1 heterocycles. The molecular formula is C13H21NO2. The predicted molar refractivity (Wildman–Crippen MR) is 61.9 cm³/mol. The number of hydrogen-bond acceptors (Lipinski definition) is 2. The van der Waals surface area contributed by atoms with Crippen LogP contribution in [0.5, 0.6) is 0 Å². The summed E-state index contributed by atoms with van der Waals surface area (Å²) in [6.45, 7) is 11.0. The first-order valence-electron chi connectivity index (χ1n) is 5.99. The van der Waals surface area contributed by atoms with Gasteiger partial charge in [0.1, 0.15) is 11.7 Å². The molecule has 3 heteroatoms. The summed E-state index contributed by atoms with van der Waals surface area (Å²) < 4.78 is 0. The van der Waals surface area contributed by atoms with Crippen molar-refractivity contribution in [2.24, 2.45) is 17.3 Å². The molecule has 0 radical (unpaired) electrons. The van der Waals surface area contributed by atoms with Crippen molar-refractivity contribution in [3.05, 3.63) is 0 Å². The molecule has 0 aromatic rings. The number of carbonyl (C=O) groups is 2. The minimum absolute atomic E-state index is 0.0165. The molecule has 90 valence electrons. The van der Waals surface area contributed by atoms with Crippen molar-refractivity contribution < 1.29 is 9.59 Å². The Morgan fingerprint density at radius 2 is 1.81 bits per heavy atom. The van der Waals surface area contributed by atoms with Crippen LogP contribution in [-0.4, -0.2) is 28.7 Å². The van der Waals surface area contributed by atoms with Gasteiger partial charge in [0.25, 0.3) is 0 Å². The topological polar surface area (TPSA) is 37.4 Å². The third-order valence-corrected chi connectivity index (χ3v) is 4.10. The van der Waals surface area contributed by atoms with Gasteiger partial charge in [0.15, 0.2) is 0 Å². The van der Waals surface area contributed by atoms with Crippen LogP contribution in [0.4, 0.5) is 0 Å². The van der Waals surface area contributed by atoms with Gasteiger partial charge in [-0.25, -0.2) is 0 Å². The van der Waals surface area contributed by atoms with Crippen LogP contribution >= 0.6 is 0 Å². The van der Waals surface area contributed by atoms with Gasteiger partial charge in [-0.05, 0) is 26.2 Å². The highest BCUT2D eigenvalue weighted by Gasteiger charge is 2.58. The number of likely N-dealkylation sites (tertiary alicyclic amines) is 1. The lowest BCUT2D eigenvalue weighted by molar-refractivity contribution is -0.139. The summed E-state index contributed by atoms with van der Waals surface area (Å²) >= 11 is 0. The van der Waals surface area contributed by atoms with Crippen molar-refractivity contribution in [3.63, 3.8) is 0 Å². The van der Waals surface area contributed by atoms with E-state index in [1.807, 2.05) is 25.7 Å². The molecule has 2 atom stereocenters. The number of carbonyl (C=O) groups excluding carboxylic acids is 2. The van der Waals surface area contributed by atoms with Crippen LogP contribution in [0.3, 0.4) is 0 Å². The van der Waals surface area contributed by atoms with Gasteiger partial charge in [-0.2, -0.15) is 0 Å². The first-order chi connectivity index (χ1) is 7.14. The van der Waals surface area contributed by atoms with Gasteiger partial charge in [-0.1, -0.05) is 13.8 Å². The molecule has 1 aliphatic heterocycles. The molecule has 2 unspecified atom stereocenters. The number of amides is 1. The zero-order valence-corrected chi connectivity index (χ0v) is 10.8. The van der Waals surface area contributed by atoms with Crippen LogP contribution in [-0.2, 0) is 9.59 Å². The standard InChI is InChI=1S/C13H21NO2/c1-12(2,3)14-7-8-10(11(14)16)9(15)6-13(8,4)5/h8,10H,6-7H2,1-5H3. The van der Waals surface area contributed by atoms with Crippen molar-refractivity contribution in [2.45, 2.75) is 46.6 Å². The minimum atomic E-state index is -0.353. The fourth-order valence-corrected chi connectivity index (χ4v) is 3.09. The Morgan fingerprint density at radius 3 is 2.25 bits per heavy atom. The highest BCUT2D eigenvalue weighted by atomic mass is 16.2. The van der Waals surface area contributed by atoms with E-state index in [1.54, 1.807) is 0 Å². The van der Waals surface area contributed by atoms with Gasteiger partial charge in [0.2, 0.25) is 5.91 Å². The molecule has 0 N–H and O–H groups in total. The average molecular weight is 223 g/mol. The summed E-state index contributed by atoms with van der Waals surface area (Å²) in [6.07, 6.45) is 0.562. The third-order valence-electron chi connectivity index (χ3n) is 4.10. The molecule has 0 spiro atoms. The number of fused-ring (bicyclic) bond motifs is 1. The van der Waals surface area contributed by atoms with Gasteiger partial charge in [-0.3, -0.25) is 9.59 Å². The van der Waals surface area contributed by atoms with E-state index in [9.17, 15) is 9.59 Å². The van der Waals surface area contributed by atoms with Crippen LogP contribution < -0.4 is 0 Å². The second-order valence-corrected chi connectivity index (χ2v) is 6.84. The molecule has 1 aliphatic carbocycles. The molecule has 0 aromatic carbocycles. The quantitative estimate of drug-likeness (QED) is 0.588. The van der Waals surface area contributed by atoms with Gasteiger partial charge in [0.05, 0.1) is 0 Å². The van der Waals surface area contributed by atoms with E-state index in [0.717, 1.165) is 6.54 Å². The first-order valence-corrected chi connectivity index (χ1v) is 5.99. The molecule has 2 rings (SSSR count). The van der Waals surface area contributed by atoms with E-state index < -0.39 is 0 Å². The molecule has 0 bridgehead atoms. The van der Waals surface area contributed by atoms with E-state index in [1.165, 1.54) is 0 Å². The molecule has 2 fully saturated rings. The van der Waals surface area contributed by atoms with Gasteiger partial charge >= 0.3 is 0 Å². The highest BCUT2D eigenvalue weighted by Crippen LogP contribution is 2.49. The molecule has 1 amide bonds. The SMILES string of the molecule is CC1(C)CC(=O)C2C(=O)N(C(C)(C)C)CC21. The Bertz CT molecular complexity index is 351. The fraction of sp³-hybridized carbons (Fsp3) is 0.846. The number of hydrogen-bond donors (Lipinski definition) is 0. The van der Waals surface area contributed by atoms with Crippen LogP contribution in [0, 0.1) is 17.3 Å². The van der Waals surface area contributed by atoms with Crippen LogP contribution in [0.2, 0.25) is 0 Å². The van der Waals surface area contributed by atoms with E-state index >= 15 is 0 Å². The Hall–Kier alpha value is -0.860. The minimum Gasteiger partial charge on any atom is -0.337 e. The molecular weight excluding hydrogens is 202 g/mol. The highest BCUT2D eigenvalue weighted by molar-refractivity contribution is 6.05. The largest absolute Gasteiger partial charge is 0.337 e. The Labute approximate surface area is 97.2 Å². The van der Waals surface area contributed by atoms with Crippen molar-refractivity contribution >= 4 is 11.7 Å². The molecule has 0 aromatic heterocycles. The summed E-state index contributed by atoms with van der Waals surface area (Å²) in [4.78, 5) is 26.0. The fourth-order valence-electron chi connectivity index (χ4n) is 3.09. The van der Waals surface area contributed by atoms with Crippen molar-refractivity contribution in [3.8, 4) is 0 Å². The van der Waals surface area contributed by atoms with Gasteiger partial charge in [-0.15, -0.1) is 0 Å². The monoisotopic (exact) mass is 223 g/mol. The van der Waals surface area contributed by atoms with Crippen molar-refractivity contribution in [1.82, 2.24) is 4.90 Å². The number of ketones is 1. The van der Waals surface area contributed by atoms with Crippen molar-refractivity contribution in [1.29, 1.82) is 0 Å². The zero-order valence-electron chi connectivity index (χ0n) is 10.8. The van der Waals surface area contributed by atoms with E-state index in [4.69, 9.17) is 0 Å². The Morgan fingerprint density at radius 1 is 1.25 bits per heavy atom. The smallest absolute Gasteiger partial charge is 0.233 e. The second-order valence-electron chi connectivity index (χ2n) is 6.84. The molecule has 2 aliphatic rings. The zero-order chi connectivity index (χ0) is 12.3. The maximum absolute atomic E-state index is 12.2. The van der Waals surface area contributed by atoms with Gasteiger partial charge in [0, 0.05) is 24.4 Å². The average Bonchev–Trinajstić information content (AvgIpc) is 2.50. The normalized spacial score (nSPS) is 33.4. The Kier molecular flexibility index (Phi) is 2.24. The number of Topliss-reactive ketones (excluding diaryl/α,β-unsaturated/α-hetero) is 1. The van der Waals surface area contributed by atoms with Crippen LogP contribution in [0.1, 0.15) is 41.0 Å². The first kappa shape index (κ1) is 11.6. The van der Waals surface area contributed by atoms with Crippen molar-refractivity contribution in [2.75, 3.05) is 6.54 Å². The molecule has 1 saturated carbocycles. The van der Waals surface area contributed by atoms with Gasteiger partial charge < -0.3 is 4.90 Å². The third kappa shape index (κ3) is 1.48. The summed E-state index contributed by atoms with van der Waals surface area (Å²) in [5.41, 5.74) is -0.185. The van der Waals surface area contributed by atoms with E-state index in [-0.39, 0.29) is 34.5 Å². The van der Waals surface area contributed by atoms with Crippen LogP contribution in [0.25, 0.3) is 0 Å². The van der Waals surface area contributed by atoms with Crippen LogP contribution in [0.15, 0.2) is 0 Å². The summed E-state index contributed by atoms with van der Waals surface area (Å²) in [5, 5.41) is 0. The second kappa shape index (κ2) is 3.08. The molecule has 3 nitrogen and oxygen atoms in total. The maximum atomic E-state index is 12.2. The maximum Gasteiger partial charge on any atom is 0.233 e. The van der Waals surface area contributed by atoms with E-state index in [0.29, 0.717) is 6.42 Å². The molecule has 16 heavy (non-hydrogen) atoms. The number of rotatable bonds is 0. The summed E-state index contributed by atoms with van der Waals surface area (Å²) in [7, 11) is 0. The van der Waals surface area contributed by atoms with E-state index in [2.05, 4.69) is 13.8 Å². The Balaban J connectivity index is 2.33. The molecule has 1 saturated heterocycles. The lowest BCUT2D eigenvalue weighted by atomic mass is 9.80. The number of nitrogens with zero attached hydrogens (tertiary/aromatic N) is 1. The predicted octanol–water partition coefficient (Wildman–Crippen LogP) is 1.86. The summed E-state index contributed by atoms with van der Waals surface area (Å²) in [6, 6.07) is 0. The summed E-state index contributed by atoms with van der Waals surface area (Å²) in [5.74, 6) is 0.0563.